The van der Waals surface area contributed by atoms with Gasteiger partial charge in [0, 0.05) is 25.9 Å². The zero-order chi connectivity index (χ0) is 12.3. The predicted octanol–water partition coefficient (Wildman–Crippen LogP) is 0.266. The lowest BCUT2D eigenvalue weighted by Crippen LogP contribution is -2.30. The Kier molecular flexibility index (Phi) is 3.46. The maximum absolute atomic E-state index is 5.55. The van der Waals surface area contributed by atoms with E-state index in [9.17, 15) is 0 Å². The van der Waals surface area contributed by atoms with Crippen molar-refractivity contribution in [2.75, 3.05) is 0 Å². The van der Waals surface area contributed by atoms with Crippen LogP contribution >= 0.6 is 0 Å². The van der Waals surface area contributed by atoms with Crippen molar-refractivity contribution in [3.63, 3.8) is 0 Å². The zero-order valence-electron chi connectivity index (χ0n) is 9.96. The lowest BCUT2D eigenvalue weighted by Gasteiger charge is -2.13. The van der Waals surface area contributed by atoms with Crippen molar-refractivity contribution in [1.29, 1.82) is 0 Å². The molecular formula is C11H16N6. The molecule has 0 spiro atoms. The highest BCUT2D eigenvalue weighted by Crippen LogP contribution is 2.13. The lowest BCUT2D eigenvalue weighted by atomic mass is 10.1. The average Bonchev–Trinajstić information content (AvgIpc) is 2.73. The van der Waals surface area contributed by atoms with Gasteiger partial charge in [-0.25, -0.2) is 0 Å². The molecule has 0 amide bonds. The monoisotopic (exact) mass is 232 g/mol. The van der Waals surface area contributed by atoms with Crippen LogP contribution < -0.4 is 11.3 Å². The molecule has 6 nitrogen and oxygen atoms in total. The second-order valence-electron chi connectivity index (χ2n) is 3.99. The standard InChI is InChI=1S/C11H16N6/c1-8-6-14-11(7-13-8)10(15-12)5-9-3-4-17(2)16-9/h3-4,6-7,10,15H,5,12H2,1-2H3. The molecular weight excluding hydrogens is 216 g/mol. The van der Waals surface area contributed by atoms with Gasteiger partial charge in [0.1, 0.15) is 0 Å². The third kappa shape index (κ3) is 2.86. The number of aromatic nitrogens is 4. The Labute approximate surface area is 99.9 Å². The topological polar surface area (TPSA) is 81.7 Å². The van der Waals surface area contributed by atoms with E-state index in [-0.39, 0.29) is 6.04 Å². The molecule has 0 aliphatic rings. The first kappa shape index (κ1) is 11.7. The summed E-state index contributed by atoms with van der Waals surface area (Å²) in [7, 11) is 1.89. The van der Waals surface area contributed by atoms with Crippen molar-refractivity contribution >= 4 is 0 Å². The summed E-state index contributed by atoms with van der Waals surface area (Å²) in [5.41, 5.74) is 5.43. The molecule has 2 aromatic heterocycles. The van der Waals surface area contributed by atoms with E-state index < -0.39 is 0 Å². The summed E-state index contributed by atoms with van der Waals surface area (Å²) in [6.07, 6.45) is 6.07. The molecule has 1 unspecified atom stereocenters. The van der Waals surface area contributed by atoms with Gasteiger partial charge in [-0.2, -0.15) is 5.10 Å². The normalized spacial score (nSPS) is 12.6. The number of rotatable bonds is 4. The third-order valence-corrected chi connectivity index (χ3v) is 2.54. The Morgan fingerprint density at radius 3 is 2.76 bits per heavy atom. The number of nitrogens with two attached hydrogens (primary N) is 1. The van der Waals surface area contributed by atoms with Crippen molar-refractivity contribution in [1.82, 2.24) is 25.2 Å². The van der Waals surface area contributed by atoms with Crippen LogP contribution in [0.5, 0.6) is 0 Å². The molecule has 0 aliphatic heterocycles. The summed E-state index contributed by atoms with van der Waals surface area (Å²) in [5.74, 6) is 5.55. The van der Waals surface area contributed by atoms with Crippen molar-refractivity contribution in [2.45, 2.75) is 19.4 Å². The van der Waals surface area contributed by atoms with Crippen LogP contribution in [0.1, 0.15) is 23.1 Å². The molecule has 0 aliphatic carbocycles. The van der Waals surface area contributed by atoms with Gasteiger partial charge in [0.15, 0.2) is 0 Å². The lowest BCUT2D eigenvalue weighted by molar-refractivity contribution is 0.526. The minimum Gasteiger partial charge on any atom is -0.276 e. The van der Waals surface area contributed by atoms with E-state index in [0.29, 0.717) is 6.42 Å². The van der Waals surface area contributed by atoms with Crippen molar-refractivity contribution < 1.29 is 0 Å². The Morgan fingerprint density at radius 2 is 2.24 bits per heavy atom. The van der Waals surface area contributed by atoms with E-state index in [1.54, 1.807) is 17.1 Å². The van der Waals surface area contributed by atoms with Gasteiger partial charge in [-0.3, -0.25) is 25.9 Å². The molecule has 90 valence electrons. The van der Waals surface area contributed by atoms with Crippen LogP contribution in [0.4, 0.5) is 0 Å². The molecule has 3 N–H and O–H groups in total. The van der Waals surface area contributed by atoms with Gasteiger partial charge < -0.3 is 0 Å². The van der Waals surface area contributed by atoms with Gasteiger partial charge in [-0.1, -0.05) is 0 Å². The highest BCUT2D eigenvalue weighted by Gasteiger charge is 2.13. The van der Waals surface area contributed by atoms with E-state index in [1.807, 2.05) is 26.2 Å². The highest BCUT2D eigenvalue weighted by atomic mass is 15.3. The van der Waals surface area contributed by atoms with Crippen LogP contribution in [0.25, 0.3) is 0 Å². The quantitative estimate of drug-likeness (QED) is 0.584. The molecule has 0 aromatic carbocycles. The van der Waals surface area contributed by atoms with E-state index in [4.69, 9.17) is 5.84 Å². The fraction of sp³-hybridized carbons (Fsp3) is 0.364. The number of nitrogens with zero attached hydrogens (tertiary/aromatic N) is 4. The SMILES string of the molecule is Cc1cnc(C(Cc2ccn(C)n2)NN)cn1. The molecule has 17 heavy (non-hydrogen) atoms. The first-order chi connectivity index (χ1) is 8.19. The van der Waals surface area contributed by atoms with Crippen LogP contribution in [-0.4, -0.2) is 19.7 Å². The van der Waals surface area contributed by atoms with Gasteiger partial charge in [0.25, 0.3) is 0 Å². The van der Waals surface area contributed by atoms with E-state index in [1.165, 1.54) is 0 Å². The fourth-order valence-electron chi connectivity index (χ4n) is 1.61. The Hall–Kier alpha value is -1.79. The molecule has 6 heteroatoms. The summed E-state index contributed by atoms with van der Waals surface area (Å²) in [5, 5.41) is 4.31. The van der Waals surface area contributed by atoms with Gasteiger partial charge in [-0.05, 0) is 13.0 Å². The third-order valence-electron chi connectivity index (χ3n) is 2.54. The second kappa shape index (κ2) is 5.03. The molecule has 1 atom stereocenters. The fourth-order valence-corrected chi connectivity index (χ4v) is 1.61. The van der Waals surface area contributed by atoms with Crippen LogP contribution in [0, 0.1) is 6.92 Å². The largest absolute Gasteiger partial charge is 0.276 e. The smallest absolute Gasteiger partial charge is 0.0773 e. The van der Waals surface area contributed by atoms with Crippen LogP contribution in [0.15, 0.2) is 24.7 Å². The minimum atomic E-state index is -0.0713. The first-order valence-corrected chi connectivity index (χ1v) is 5.42. The summed E-state index contributed by atoms with van der Waals surface area (Å²) in [4.78, 5) is 8.52. The number of hydrogen-bond acceptors (Lipinski definition) is 5. The molecule has 2 aromatic rings. The first-order valence-electron chi connectivity index (χ1n) is 5.42. The maximum Gasteiger partial charge on any atom is 0.0773 e. The van der Waals surface area contributed by atoms with E-state index >= 15 is 0 Å². The predicted molar refractivity (Wildman–Crippen MR) is 63.7 cm³/mol. The van der Waals surface area contributed by atoms with Gasteiger partial charge in [0.2, 0.25) is 0 Å². The number of hydrogen-bond donors (Lipinski definition) is 2. The highest BCUT2D eigenvalue weighted by molar-refractivity contribution is 5.10. The Balaban J connectivity index is 2.13. The molecule has 2 rings (SSSR count). The van der Waals surface area contributed by atoms with E-state index in [2.05, 4.69) is 20.5 Å². The summed E-state index contributed by atoms with van der Waals surface area (Å²) in [6, 6.07) is 1.89. The van der Waals surface area contributed by atoms with Crippen LogP contribution in [0.3, 0.4) is 0 Å². The van der Waals surface area contributed by atoms with Crippen LogP contribution in [-0.2, 0) is 13.5 Å². The molecule has 0 bridgehead atoms. The van der Waals surface area contributed by atoms with E-state index in [0.717, 1.165) is 17.1 Å². The zero-order valence-corrected chi connectivity index (χ0v) is 9.96. The molecule has 2 heterocycles. The average molecular weight is 232 g/mol. The molecule has 0 saturated heterocycles. The number of aryl methyl sites for hydroxylation is 2. The van der Waals surface area contributed by atoms with Crippen molar-refractivity contribution in [3.8, 4) is 0 Å². The van der Waals surface area contributed by atoms with Gasteiger partial charge >= 0.3 is 0 Å². The number of nitrogens with one attached hydrogen (secondary N) is 1. The van der Waals surface area contributed by atoms with Gasteiger partial charge in [-0.15, -0.1) is 0 Å². The van der Waals surface area contributed by atoms with Crippen molar-refractivity contribution in [3.05, 3.63) is 41.7 Å². The maximum atomic E-state index is 5.55. The van der Waals surface area contributed by atoms with Crippen molar-refractivity contribution in [2.24, 2.45) is 12.9 Å². The molecule has 0 saturated carbocycles. The summed E-state index contributed by atoms with van der Waals surface area (Å²) in [6.45, 7) is 1.90. The minimum absolute atomic E-state index is 0.0713. The summed E-state index contributed by atoms with van der Waals surface area (Å²) < 4.78 is 1.77. The molecule has 0 radical (unpaired) electrons. The second-order valence-corrected chi connectivity index (χ2v) is 3.99. The molecule has 0 fully saturated rings. The number of hydrazine groups is 1. The van der Waals surface area contributed by atoms with Gasteiger partial charge in [0.05, 0.1) is 29.3 Å². The van der Waals surface area contributed by atoms with Crippen LogP contribution in [0.2, 0.25) is 0 Å². The Morgan fingerprint density at radius 1 is 1.41 bits per heavy atom. The Bertz CT molecular complexity index is 475. The summed E-state index contributed by atoms with van der Waals surface area (Å²) >= 11 is 0.